The van der Waals surface area contributed by atoms with Crippen molar-refractivity contribution in [3.05, 3.63) is 78.1 Å². The Kier molecular flexibility index (Phi) is 7.76. The summed E-state index contributed by atoms with van der Waals surface area (Å²) in [6.45, 7) is 3.76. The number of carbonyl (C=O) groups is 1. The maximum Gasteiger partial charge on any atom is 0.375 e. The molecule has 1 atom stereocenters. The van der Waals surface area contributed by atoms with E-state index in [9.17, 15) is 9.36 Å². The fraction of sp³-hybridized carbons (Fsp3) is 0.273. The lowest BCUT2D eigenvalue weighted by Crippen LogP contribution is -2.34. The van der Waals surface area contributed by atoms with Crippen LogP contribution in [0.4, 0.5) is 0 Å². The van der Waals surface area contributed by atoms with Crippen LogP contribution < -0.4 is 5.32 Å². The number of hydrogen-bond acceptors (Lipinski definition) is 9. The van der Waals surface area contributed by atoms with Gasteiger partial charge in [-0.2, -0.15) is 4.80 Å². The summed E-state index contributed by atoms with van der Waals surface area (Å²) in [4.78, 5) is 14.3. The summed E-state index contributed by atoms with van der Waals surface area (Å²) in [5.41, 5.74) is 1.68. The molecule has 1 unspecified atom stereocenters. The number of hydrogen-bond donors (Lipinski definition) is 1. The molecular weight excluding hydrogens is 471 g/mol. The molecule has 2 aromatic heterocycles. The largest absolute Gasteiger partial charge is 0.375 e. The normalized spacial score (nSPS) is 12.4. The highest BCUT2D eigenvalue weighted by Crippen LogP contribution is 2.57. The Hall–Kier alpha value is -3.73. The Morgan fingerprint density at radius 3 is 2.29 bits per heavy atom. The van der Waals surface area contributed by atoms with Crippen LogP contribution in [0.5, 0.6) is 0 Å². The number of rotatable bonds is 11. The maximum absolute atomic E-state index is 13.6. The summed E-state index contributed by atoms with van der Waals surface area (Å²) in [5.74, 6) is -1.22. The highest BCUT2D eigenvalue weighted by atomic mass is 31.2. The van der Waals surface area contributed by atoms with E-state index >= 15 is 0 Å². The Balaban J connectivity index is 1.58. The van der Waals surface area contributed by atoms with Crippen LogP contribution >= 0.6 is 7.60 Å². The lowest BCUT2D eigenvalue weighted by atomic mass is 10.2. The average molecular weight is 496 g/mol. The van der Waals surface area contributed by atoms with Gasteiger partial charge in [0.15, 0.2) is 0 Å². The maximum atomic E-state index is 13.6. The number of nitrogens with zero attached hydrogens (tertiary/aromatic N) is 7. The van der Waals surface area contributed by atoms with Gasteiger partial charge in [0, 0.05) is 11.1 Å². The van der Waals surface area contributed by atoms with E-state index in [1.54, 1.807) is 44.2 Å². The lowest BCUT2D eigenvalue weighted by molar-refractivity contribution is 0.0917. The molecule has 0 spiro atoms. The van der Waals surface area contributed by atoms with E-state index in [0.717, 1.165) is 5.56 Å². The fourth-order valence-corrected chi connectivity index (χ4v) is 5.04. The van der Waals surface area contributed by atoms with Crippen molar-refractivity contribution in [2.75, 3.05) is 13.2 Å². The van der Waals surface area contributed by atoms with Gasteiger partial charge in [0.1, 0.15) is 12.2 Å². The van der Waals surface area contributed by atoms with Crippen LogP contribution in [0.25, 0.3) is 11.4 Å². The average Bonchev–Trinajstić information content (AvgIpc) is 3.54. The van der Waals surface area contributed by atoms with Crippen LogP contribution in [-0.4, -0.2) is 54.3 Å². The molecule has 182 valence electrons. The van der Waals surface area contributed by atoms with Gasteiger partial charge in [-0.25, -0.2) is 4.68 Å². The zero-order valence-electron chi connectivity index (χ0n) is 19.3. The number of carbonyl (C=O) groups excluding carboxylic acids is 1. The molecule has 1 amide bonds. The van der Waals surface area contributed by atoms with Crippen molar-refractivity contribution in [3.63, 3.8) is 0 Å². The second kappa shape index (κ2) is 11.1. The molecule has 0 saturated heterocycles. The number of benzene rings is 2. The van der Waals surface area contributed by atoms with E-state index < -0.39 is 19.4 Å². The minimum atomic E-state index is -3.85. The molecule has 0 fully saturated rings. The van der Waals surface area contributed by atoms with Crippen LogP contribution in [0.3, 0.4) is 0 Å². The Morgan fingerprint density at radius 1 is 0.971 bits per heavy atom. The first-order valence-corrected chi connectivity index (χ1v) is 12.6. The SMILES string of the molecule is CCOP(=O)(OCC)C(NC(=O)c1ccccc1)n1cc(Cn2nnc(-c3ccccc3)n2)nn1. The molecule has 0 bridgehead atoms. The second-order valence-corrected chi connectivity index (χ2v) is 9.37. The molecular formula is C22H25N8O4P. The van der Waals surface area contributed by atoms with E-state index in [4.69, 9.17) is 9.05 Å². The Morgan fingerprint density at radius 2 is 1.63 bits per heavy atom. The van der Waals surface area contributed by atoms with Crippen molar-refractivity contribution in [1.82, 2.24) is 40.5 Å². The summed E-state index contributed by atoms with van der Waals surface area (Å²) in [6, 6.07) is 18.0. The van der Waals surface area contributed by atoms with Crippen LogP contribution in [0, 0.1) is 0 Å². The molecule has 2 aromatic carbocycles. The molecule has 0 aliphatic heterocycles. The van der Waals surface area contributed by atoms with Gasteiger partial charge in [-0.05, 0) is 31.2 Å². The van der Waals surface area contributed by atoms with Crippen LogP contribution in [0.15, 0.2) is 66.9 Å². The summed E-state index contributed by atoms with van der Waals surface area (Å²) < 4.78 is 25.9. The molecule has 0 radical (unpaired) electrons. The van der Waals surface area contributed by atoms with Gasteiger partial charge >= 0.3 is 7.60 Å². The van der Waals surface area contributed by atoms with E-state index in [2.05, 4.69) is 31.0 Å². The fourth-order valence-electron chi connectivity index (χ4n) is 3.28. The lowest BCUT2D eigenvalue weighted by Gasteiger charge is -2.26. The summed E-state index contributed by atoms with van der Waals surface area (Å²) in [5, 5.41) is 23.4. The molecule has 2 heterocycles. The first kappa shape index (κ1) is 24.4. The smallest absolute Gasteiger partial charge is 0.320 e. The number of aromatic nitrogens is 7. The monoisotopic (exact) mass is 496 g/mol. The predicted octanol–water partition coefficient (Wildman–Crippen LogP) is 3.13. The quantitative estimate of drug-likeness (QED) is 0.310. The standard InChI is InChI=1S/C22H25N8O4P/c1-3-33-35(32,34-4-2)22(23-21(31)18-13-9-6-10-14-18)29-15-19(24-27-29)16-30-26-20(25-28-30)17-11-7-5-8-12-17/h5-15,22H,3-4,16H2,1-2H3,(H,23,31). The molecule has 4 rings (SSSR count). The Bertz CT molecular complexity index is 1290. The summed E-state index contributed by atoms with van der Waals surface area (Å²) in [7, 11) is -3.85. The van der Waals surface area contributed by atoms with Gasteiger partial charge in [0.25, 0.3) is 5.91 Å². The molecule has 35 heavy (non-hydrogen) atoms. The van der Waals surface area contributed by atoms with Crippen molar-refractivity contribution in [3.8, 4) is 11.4 Å². The van der Waals surface area contributed by atoms with Crippen molar-refractivity contribution in [1.29, 1.82) is 0 Å². The van der Waals surface area contributed by atoms with Crippen molar-refractivity contribution in [2.45, 2.75) is 26.3 Å². The number of nitrogens with one attached hydrogen (secondary N) is 1. The van der Waals surface area contributed by atoms with Crippen LogP contribution in [0.1, 0.15) is 35.8 Å². The summed E-state index contributed by atoms with van der Waals surface area (Å²) >= 11 is 0. The molecule has 0 aliphatic carbocycles. The van der Waals surface area contributed by atoms with Gasteiger partial charge < -0.3 is 14.4 Å². The highest BCUT2D eigenvalue weighted by molar-refractivity contribution is 7.53. The second-order valence-electron chi connectivity index (χ2n) is 7.29. The minimum absolute atomic E-state index is 0.113. The van der Waals surface area contributed by atoms with E-state index in [0.29, 0.717) is 17.1 Å². The number of tetrazole rings is 1. The molecule has 0 saturated carbocycles. The van der Waals surface area contributed by atoms with Gasteiger partial charge in [-0.3, -0.25) is 9.36 Å². The van der Waals surface area contributed by atoms with Gasteiger partial charge in [0.2, 0.25) is 11.7 Å². The molecule has 13 heteroatoms. The van der Waals surface area contributed by atoms with Gasteiger partial charge in [-0.15, -0.1) is 15.3 Å². The van der Waals surface area contributed by atoms with Crippen molar-refractivity contribution >= 4 is 13.5 Å². The highest BCUT2D eigenvalue weighted by Gasteiger charge is 2.39. The number of amides is 1. The summed E-state index contributed by atoms with van der Waals surface area (Å²) in [6.07, 6.45) is 1.53. The van der Waals surface area contributed by atoms with E-state index in [-0.39, 0.29) is 19.8 Å². The predicted molar refractivity (Wildman–Crippen MR) is 126 cm³/mol. The van der Waals surface area contributed by atoms with Gasteiger partial charge in [-0.1, -0.05) is 53.7 Å². The first-order valence-electron chi connectivity index (χ1n) is 11.0. The van der Waals surface area contributed by atoms with E-state index in [1.165, 1.54) is 15.7 Å². The van der Waals surface area contributed by atoms with Crippen molar-refractivity contribution < 1.29 is 18.4 Å². The topological polar surface area (TPSA) is 139 Å². The van der Waals surface area contributed by atoms with Crippen LogP contribution in [0.2, 0.25) is 0 Å². The van der Waals surface area contributed by atoms with Crippen LogP contribution in [-0.2, 0) is 20.2 Å². The zero-order valence-corrected chi connectivity index (χ0v) is 20.2. The molecule has 12 nitrogen and oxygen atoms in total. The molecule has 4 aromatic rings. The van der Waals surface area contributed by atoms with Crippen molar-refractivity contribution in [2.24, 2.45) is 0 Å². The minimum Gasteiger partial charge on any atom is -0.320 e. The third-order valence-corrected chi connectivity index (χ3v) is 7.01. The zero-order chi connectivity index (χ0) is 24.7. The van der Waals surface area contributed by atoms with Gasteiger partial charge in [0.05, 0.1) is 19.4 Å². The third-order valence-electron chi connectivity index (χ3n) is 4.81. The Labute approximate surface area is 201 Å². The van der Waals surface area contributed by atoms with E-state index in [1.807, 2.05) is 30.3 Å². The molecule has 1 N–H and O–H groups in total. The first-order chi connectivity index (χ1) is 17.0. The third kappa shape index (κ3) is 5.86. The molecule has 0 aliphatic rings.